The summed E-state index contributed by atoms with van der Waals surface area (Å²) in [6, 6.07) is 9.27. The van der Waals surface area contributed by atoms with Crippen molar-refractivity contribution < 1.29 is 14.3 Å². The van der Waals surface area contributed by atoms with E-state index in [2.05, 4.69) is 21.6 Å². The molecule has 0 bridgehead atoms. The van der Waals surface area contributed by atoms with Gasteiger partial charge in [-0.05, 0) is 49.2 Å². The van der Waals surface area contributed by atoms with Gasteiger partial charge in [0.2, 0.25) is 11.1 Å². The molecule has 0 radical (unpaired) electrons. The Balaban J connectivity index is 1.53. The van der Waals surface area contributed by atoms with Gasteiger partial charge < -0.3 is 15.1 Å². The van der Waals surface area contributed by atoms with E-state index in [0.717, 1.165) is 28.6 Å². The minimum Gasteiger partial charge on any atom is -0.486 e. The van der Waals surface area contributed by atoms with Crippen LogP contribution in [0.5, 0.6) is 5.75 Å². The van der Waals surface area contributed by atoms with E-state index in [4.69, 9.17) is 10.6 Å². The molecule has 2 amide bonds. The number of thioether (sulfide) groups is 1. The Morgan fingerprint density at radius 1 is 1.21 bits per heavy atom. The summed E-state index contributed by atoms with van der Waals surface area (Å²) in [5.74, 6) is 6.21. The van der Waals surface area contributed by atoms with Gasteiger partial charge in [0, 0.05) is 13.2 Å². The fourth-order valence-corrected chi connectivity index (χ4v) is 3.40. The number of nitrogens with one attached hydrogen (secondary N) is 1. The van der Waals surface area contributed by atoms with Gasteiger partial charge in [0.15, 0.2) is 5.82 Å². The quantitative estimate of drug-likeness (QED) is 0.445. The van der Waals surface area contributed by atoms with E-state index in [1.165, 1.54) is 4.68 Å². The Kier molecular flexibility index (Phi) is 6.23. The maximum absolute atomic E-state index is 12.1. The zero-order valence-electron chi connectivity index (χ0n) is 16.4. The predicted octanol–water partition coefficient (Wildman–Crippen LogP) is 1.57. The molecule has 152 valence electrons. The van der Waals surface area contributed by atoms with Crippen LogP contribution < -0.4 is 15.9 Å². The van der Waals surface area contributed by atoms with E-state index in [1.54, 1.807) is 29.9 Å². The smallest absolute Gasteiger partial charge is 0.274 e. The van der Waals surface area contributed by atoms with Crippen LogP contribution in [0.25, 0.3) is 0 Å². The predicted molar refractivity (Wildman–Crippen MR) is 109 cm³/mol. The van der Waals surface area contributed by atoms with Crippen LogP contribution in [0.3, 0.4) is 0 Å². The Hall–Kier alpha value is -3.27. The largest absolute Gasteiger partial charge is 0.486 e. The molecule has 2 heterocycles. The molecule has 0 saturated carbocycles. The SMILES string of the molecule is Cc1cc(C)cc(OCc2nnc(SCC(=O)NC(=O)c3cccn3C)n2N)c1. The lowest BCUT2D eigenvalue weighted by Crippen LogP contribution is -2.33. The molecule has 3 N–H and O–H groups in total. The number of aryl methyl sites for hydroxylation is 3. The molecular formula is C19H22N6O3S. The van der Waals surface area contributed by atoms with Gasteiger partial charge in [-0.2, -0.15) is 0 Å². The van der Waals surface area contributed by atoms with Crippen molar-refractivity contribution >= 4 is 23.6 Å². The summed E-state index contributed by atoms with van der Waals surface area (Å²) in [6.07, 6.45) is 1.73. The van der Waals surface area contributed by atoms with Gasteiger partial charge in [0.25, 0.3) is 5.91 Å². The first-order valence-corrected chi connectivity index (χ1v) is 9.81. The molecular weight excluding hydrogens is 392 g/mol. The van der Waals surface area contributed by atoms with E-state index in [0.29, 0.717) is 16.7 Å². The third-order valence-electron chi connectivity index (χ3n) is 4.06. The van der Waals surface area contributed by atoms with Crippen molar-refractivity contribution in [3.8, 4) is 5.75 Å². The minimum absolute atomic E-state index is 0.0244. The summed E-state index contributed by atoms with van der Waals surface area (Å²) in [6.45, 7) is 4.13. The highest BCUT2D eigenvalue weighted by molar-refractivity contribution is 7.99. The molecule has 0 aliphatic rings. The topological polar surface area (TPSA) is 117 Å². The lowest BCUT2D eigenvalue weighted by molar-refractivity contribution is -0.117. The van der Waals surface area contributed by atoms with E-state index in [1.807, 2.05) is 26.0 Å². The van der Waals surface area contributed by atoms with Crippen molar-refractivity contribution in [1.29, 1.82) is 0 Å². The maximum atomic E-state index is 12.1. The molecule has 3 aromatic rings. The molecule has 0 fully saturated rings. The van der Waals surface area contributed by atoms with Gasteiger partial charge in [0.05, 0.1) is 5.75 Å². The molecule has 2 aromatic heterocycles. The van der Waals surface area contributed by atoms with Crippen molar-refractivity contribution in [1.82, 2.24) is 24.8 Å². The number of imide groups is 1. The van der Waals surface area contributed by atoms with Crippen molar-refractivity contribution in [2.75, 3.05) is 11.6 Å². The molecule has 9 nitrogen and oxygen atoms in total. The standard InChI is InChI=1S/C19H22N6O3S/c1-12-7-13(2)9-14(8-12)28-10-16-22-23-19(25(16)20)29-11-17(26)21-18(27)15-5-4-6-24(15)3/h4-9H,10-11,20H2,1-3H3,(H,21,26,27). The lowest BCUT2D eigenvalue weighted by atomic mass is 10.1. The van der Waals surface area contributed by atoms with E-state index in [-0.39, 0.29) is 12.4 Å². The minimum atomic E-state index is -0.458. The van der Waals surface area contributed by atoms with Gasteiger partial charge in [-0.25, -0.2) is 4.68 Å². The number of nitrogens with zero attached hydrogens (tertiary/aromatic N) is 4. The fraction of sp³-hybridized carbons (Fsp3) is 0.263. The van der Waals surface area contributed by atoms with Crippen molar-refractivity contribution in [3.05, 3.63) is 59.2 Å². The molecule has 0 unspecified atom stereocenters. The molecule has 0 aliphatic carbocycles. The van der Waals surface area contributed by atoms with Crippen molar-refractivity contribution in [3.63, 3.8) is 0 Å². The van der Waals surface area contributed by atoms with Gasteiger partial charge in [-0.1, -0.05) is 17.8 Å². The number of aromatic nitrogens is 4. The van der Waals surface area contributed by atoms with E-state index in [9.17, 15) is 9.59 Å². The summed E-state index contributed by atoms with van der Waals surface area (Å²) in [7, 11) is 1.73. The monoisotopic (exact) mass is 414 g/mol. The number of benzene rings is 1. The number of carbonyl (C=O) groups is 2. The second-order valence-corrected chi connectivity index (χ2v) is 7.49. The Morgan fingerprint density at radius 3 is 2.59 bits per heavy atom. The number of carbonyl (C=O) groups excluding carboxylic acids is 2. The third kappa shape index (κ3) is 5.17. The number of nitrogens with two attached hydrogens (primary N) is 1. The van der Waals surface area contributed by atoms with Gasteiger partial charge in [0.1, 0.15) is 18.1 Å². The molecule has 0 spiro atoms. The van der Waals surface area contributed by atoms with Crippen molar-refractivity contribution in [2.45, 2.75) is 25.6 Å². The Labute approximate surface area is 172 Å². The zero-order valence-corrected chi connectivity index (χ0v) is 17.2. The number of nitrogen functional groups attached to an aromatic ring is 1. The molecule has 0 saturated heterocycles. The lowest BCUT2D eigenvalue weighted by Gasteiger charge is -2.08. The van der Waals surface area contributed by atoms with Crippen molar-refractivity contribution in [2.24, 2.45) is 7.05 Å². The zero-order chi connectivity index (χ0) is 21.0. The fourth-order valence-electron chi connectivity index (χ4n) is 2.72. The molecule has 1 aromatic carbocycles. The molecule has 0 atom stereocenters. The number of hydrogen-bond acceptors (Lipinski definition) is 7. The second kappa shape index (κ2) is 8.82. The molecule has 3 rings (SSSR count). The van der Waals surface area contributed by atoms with Gasteiger partial charge >= 0.3 is 0 Å². The van der Waals surface area contributed by atoms with Crippen LogP contribution in [0.15, 0.2) is 41.7 Å². The highest BCUT2D eigenvalue weighted by Gasteiger charge is 2.16. The van der Waals surface area contributed by atoms with Gasteiger partial charge in [-0.3, -0.25) is 14.9 Å². The van der Waals surface area contributed by atoms with Crippen LogP contribution in [0.2, 0.25) is 0 Å². The summed E-state index contributed by atoms with van der Waals surface area (Å²) in [4.78, 5) is 24.1. The van der Waals surface area contributed by atoms with Crippen LogP contribution >= 0.6 is 11.8 Å². The summed E-state index contributed by atoms with van der Waals surface area (Å²) in [5.41, 5.74) is 2.60. The average Bonchev–Trinajstić information content (AvgIpc) is 3.23. The number of ether oxygens (including phenoxy) is 1. The molecule has 29 heavy (non-hydrogen) atoms. The third-order valence-corrected chi connectivity index (χ3v) is 5.00. The Morgan fingerprint density at radius 2 is 1.93 bits per heavy atom. The highest BCUT2D eigenvalue weighted by Crippen LogP contribution is 2.19. The van der Waals surface area contributed by atoms with Crippen LogP contribution in [0.4, 0.5) is 0 Å². The van der Waals surface area contributed by atoms with E-state index >= 15 is 0 Å². The summed E-state index contributed by atoms with van der Waals surface area (Å²) in [5, 5.41) is 10.7. The normalized spacial score (nSPS) is 10.7. The first-order valence-electron chi connectivity index (χ1n) is 8.82. The highest BCUT2D eigenvalue weighted by atomic mass is 32.2. The Bertz CT molecular complexity index is 1020. The van der Waals surface area contributed by atoms with Crippen LogP contribution in [0, 0.1) is 13.8 Å². The maximum Gasteiger partial charge on any atom is 0.274 e. The first-order chi connectivity index (χ1) is 13.8. The summed E-state index contributed by atoms with van der Waals surface area (Å²) >= 11 is 1.08. The summed E-state index contributed by atoms with van der Waals surface area (Å²) < 4.78 is 8.65. The van der Waals surface area contributed by atoms with E-state index < -0.39 is 11.8 Å². The average molecular weight is 414 g/mol. The molecule has 10 heteroatoms. The van der Waals surface area contributed by atoms with Gasteiger partial charge in [-0.15, -0.1) is 10.2 Å². The second-order valence-electron chi connectivity index (χ2n) is 6.55. The first kappa shape index (κ1) is 20.5. The number of rotatable bonds is 7. The molecule has 0 aliphatic heterocycles. The van der Waals surface area contributed by atoms with Crippen LogP contribution in [0.1, 0.15) is 27.4 Å². The number of hydrogen-bond donors (Lipinski definition) is 2. The van der Waals surface area contributed by atoms with Crippen LogP contribution in [-0.4, -0.2) is 37.0 Å². The van der Waals surface area contributed by atoms with Crippen LogP contribution in [-0.2, 0) is 18.4 Å². The number of amides is 2.